The van der Waals surface area contributed by atoms with Crippen LogP contribution in [-0.4, -0.2) is 56.2 Å². The van der Waals surface area contributed by atoms with Gasteiger partial charge < -0.3 is 9.64 Å². The van der Waals surface area contributed by atoms with Crippen molar-refractivity contribution < 1.29 is 9.13 Å². The van der Waals surface area contributed by atoms with Crippen molar-refractivity contribution in [2.24, 2.45) is 0 Å². The number of pyridine rings is 1. The molecule has 1 saturated heterocycles. The summed E-state index contributed by atoms with van der Waals surface area (Å²) >= 11 is 0. The van der Waals surface area contributed by atoms with Gasteiger partial charge in [0, 0.05) is 24.8 Å². The van der Waals surface area contributed by atoms with Crippen LogP contribution < -0.4 is 4.90 Å². The topological polar surface area (TPSA) is 81.9 Å². The molecule has 9 heteroatoms. The quantitative estimate of drug-likeness (QED) is 0.492. The van der Waals surface area contributed by atoms with Gasteiger partial charge >= 0.3 is 0 Å². The fourth-order valence-corrected chi connectivity index (χ4v) is 3.70. The summed E-state index contributed by atoms with van der Waals surface area (Å²) < 4.78 is 19.9. The smallest absolute Gasteiger partial charge is 0.162 e. The molecule has 1 aliphatic rings. The number of aryl methyl sites for hydroxylation is 1. The Morgan fingerprint density at radius 3 is 2.77 bits per heavy atom. The molecular formula is C22H22FN7O. The van der Waals surface area contributed by atoms with Gasteiger partial charge in [0.2, 0.25) is 0 Å². The second-order valence-corrected chi connectivity index (χ2v) is 7.59. The Kier molecular flexibility index (Phi) is 5.25. The molecule has 1 aliphatic heterocycles. The average Bonchev–Trinajstić information content (AvgIpc) is 3.26. The molecule has 0 N–H and O–H groups in total. The van der Waals surface area contributed by atoms with E-state index in [0.29, 0.717) is 31.3 Å². The molecule has 0 bridgehead atoms. The summed E-state index contributed by atoms with van der Waals surface area (Å²) in [6, 6.07) is 10.1. The monoisotopic (exact) mass is 419 g/mol. The highest BCUT2D eigenvalue weighted by Crippen LogP contribution is 2.28. The van der Waals surface area contributed by atoms with E-state index in [9.17, 15) is 4.39 Å². The van der Waals surface area contributed by atoms with E-state index >= 15 is 0 Å². The highest BCUT2D eigenvalue weighted by atomic mass is 19.1. The molecular weight excluding hydrogens is 397 g/mol. The van der Waals surface area contributed by atoms with Crippen molar-refractivity contribution in [3.05, 3.63) is 59.5 Å². The van der Waals surface area contributed by atoms with Crippen LogP contribution >= 0.6 is 0 Å². The average molecular weight is 419 g/mol. The third kappa shape index (κ3) is 4.09. The predicted octanol–water partition coefficient (Wildman–Crippen LogP) is 2.95. The van der Waals surface area contributed by atoms with E-state index < -0.39 is 6.67 Å². The van der Waals surface area contributed by atoms with E-state index in [1.165, 1.54) is 0 Å². The van der Waals surface area contributed by atoms with Crippen molar-refractivity contribution in [1.29, 1.82) is 0 Å². The van der Waals surface area contributed by atoms with Crippen LogP contribution in [0.25, 0.3) is 22.4 Å². The minimum absolute atomic E-state index is 0.312. The molecule has 0 radical (unpaired) electrons. The number of rotatable bonds is 5. The lowest BCUT2D eigenvalue weighted by Crippen LogP contribution is -2.37. The number of aromatic nitrogens is 6. The lowest BCUT2D eigenvalue weighted by atomic mass is 10.1. The first kappa shape index (κ1) is 19.5. The molecule has 0 unspecified atom stereocenters. The van der Waals surface area contributed by atoms with E-state index in [0.717, 1.165) is 46.6 Å². The van der Waals surface area contributed by atoms with Gasteiger partial charge in [-0.2, -0.15) is 0 Å². The second kappa shape index (κ2) is 8.35. The minimum Gasteiger partial charge on any atom is -0.378 e. The van der Waals surface area contributed by atoms with Crippen LogP contribution in [0.15, 0.2) is 42.7 Å². The maximum absolute atomic E-state index is 12.8. The van der Waals surface area contributed by atoms with Gasteiger partial charge in [-0.3, -0.25) is 4.98 Å². The van der Waals surface area contributed by atoms with E-state index in [4.69, 9.17) is 14.7 Å². The van der Waals surface area contributed by atoms with Crippen LogP contribution in [0.3, 0.4) is 0 Å². The normalized spacial score (nSPS) is 14.3. The molecule has 4 aromatic rings. The first-order chi connectivity index (χ1) is 15.2. The zero-order valence-electron chi connectivity index (χ0n) is 17.2. The van der Waals surface area contributed by atoms with Gasteiger partial charge in [-0.1, -0.05) is 29.0 Å². The molecule has 1 aromatic carbocycles. The standard InChI is InChI=1S/C22H22FN7O/c1-15-3-2-4-17(9-15)21-25-19-10-16(13-30-14-18(11-23)27-28-30)12-24-20(19)22(26-21)29-5-7-31-8-6-29/h2-4,9-10,12,14H,5-8,11,13H2,1H3. The summed E-state index contributed by atoms with van der Waals surface area (Å²) in [4.78, 5) is 16.6. The van der Waals surface area contributed by atoms with Crippen molar-refractivity contribution >= 4 is 16.9 Å². The maximum Gasteiger partial charge on any atom is 0.162 e. The van der Waals surface area contributed by atoms with Crippen LogP contribution in [0.5, 0.6) is 0 Å². The molecule has 0 aliphatic carbocycles. The Morgan fingerprint density at radius 2 is 2.00 bits per heavy atom. The van der Waals surface area contributed by atoms with Crippen LogP contribution in [0, 0.1) is 6.92 Å². The first-order valence-corrected chi connectivity index (χ1v) is 10.2. The van der Waals surface area contributed by atoms with Gasteiger partial charge in [-0.05, 0) is 24.6 Å². The van der Waals surface area contributed by atoms with Crippen LogP contribution in [0.1, 0.15) is 16.8 Å². The van der Waals surface area contributed by atoms with Gasteiger partial charge in [0.05, 0.1) is 31.5 Å². The number of hydrogen-bond donors (Lipinski definition) is 0. The van der Waals surface area contributed by atoms with Crippen molar-refractivity contribution in [3.63, 3.8) is 0 Å². The summed E-state index contributed by atoms with van der Waals surface area (Å²) in [6.45, 7) is 4.69. The highest BCUT2D eigenvalue weighted by Gasteiger charge is 2.19. The minimum atomic E-state index is -0.633. The lowest BCUT2D eigenvalue weighted by molar-refractivity contribution is 0.122. The number of hydrogen-bond acceptors (Lipinski definition) is 7. The summed E-state index contributed by atoms with van der Waals surface area (Å²) in [7, 11) is 0. The Morgan fingerprint density at radius 1 is 1.13 bits per heavy atom. The van der Waals surface area contributed by atoms with Gasteiger partial charge in [0.25, 0.3) is 0 Å². The summed E-state index contributed by atoms with van der Waals surface area (Å²) in [5.74, 6) is 1.48. The third-order valence-corrected chi connectivity index (χ3v) is 5.23. The number of anilines is 1. The van der Waals surface area contributed by atoms with Crippen LogP contribution in [-0.2, 0) is 18.0 Å². The number of nitrogens with zero attached hydrogens (tertiary/aromatic N) is 7. The van der Waals surface area contributed by atoms with E-state index in [2.05, 4.69) is 39.3 Å². The lowest BCUT2D eigenvalue weighted by Gasteiger charge is -2.28. The van der Waals surface area contributed by atoms with Gasteiger partial charge in [-0.25, -0.2) is 19.0 Å². The molecule has 0 spiro atoms. The third-order valence-electron chi connectivity index (χ3n) is 5.23. The van der Waals surface area contributed by atoms with E-state index in [-0.39, 0.29) is 0 Å². The van der Waals surface area contributed by atoms with Crippen molar-refractivity contribution in [2.45, 2.75) is 20.1 Å². The Bertz CT molecular complexity index is 1220. The molecule has 0 atom stereocenters. The summed E-state index contributed by atoms with van der Waals surface area (Å²) in [5, 5.41) is 7.78. The van der Waals surface area contributed by atoms with E-state index in [1.54, 1.807) is 17.1 Å². The molecule has 5 rings (SSSR count). The predicted molar refractivity (Wildman–Crippen MR) is 114 cm³/mol. The van der Waals surface area contributed by atoms with Crippen molar-refractivity contribution in [1.82, 2.24) is 29.9 Å². The molecule has 31 heavy (non-hydrogen) atoms. The maximum atomic E-state index is 12.8. The molecule has 0 saturated carbocycles. The second-order valence-electron chi connectivity index (χ2n) is 7.59. The van der Waals surface area contributed by atoms with E-state index in [1.807, 2.05) is 18.2 Å². The van der Waals surface area contributed by atoms with Crippen LogP contribution in [0.4, 0.5) is 10.2 Å². The summed E-state index contributed by atoms with van der Waals surface area (Å²) in [6.07, 6.45) is 3.39. The number of fused-ring (bicyclic) bond motifs is 1. The SMILES string of the molecule is Cc1cccc(-c2nc(N3CCOCC3)c3ncc(Cn4cc(CF)nn4)cc3n2)c1. The molecule has 8 nitrogen and oxygen atoms in total. The number of ether oxygens (including phenoxy) is 1. The van der Waals surface area contributed by atoms with Crippen molar-refractivity contribution in [2.75, 3.05) is 31.2 Å². The Labute approximate surface area is 178 Å². The molecule has 0 amide bonds. The largest absolute Gasteiger partial charge is 0.378 e. The van der Waals surface area contributed by atoms with Crippen molar-refractivity contribution in [3.8, 4) is 11.4 Å². The number of morpholine rings is 1. The zero-order valence-corrected chi connectivity index (χ0v) is 17.2. The molecule has 4 heterocycles. The Balaban J connectivity index is 1.59. The summed E-state index contributed by atoms with van der Waals surface area (Å²) in [5.41, 5.74) is 4.85. The fourth-order valence-electron chi connectivity index (χ4n) is 3.70. The van der Waals surface area contributed by atoms with Gasteiger partial charge in [-0.15, -0.1) is 5.10 Å². The van der Waals surface area contributed by atoms with Gasteiger partial charge in [0.15, 0.2) is 11.6 Å². The Hall–Kier alpha value is -3.46. The number of alkyl halides is 1. The first-order valence-electron chi connectivity index (χ1n) is 10.2. The number of halogens is 1. The molecule has 3 aromatic heterocycles. The zero-order chi connectivity index (χ0) is 21.2. The highest BCUT2D eigenvalue weighted by molar-refractivity contribution is 5.88. The fraction of sp³-hybridized carbons (Fsp3) is 0.318. The van der Waals surface area contributed by atoms with Crippen LogP contribution in [0.2, 0.25) is 0 Å². The molecule has 158 valence electrons. The van der Waals surface area contributed by atoms with Gasteiger partial charge in [0.1, 0.15) is 17.9 Å². The number of benzene rings is 1. The molecule has 1 fully saturated rings.